The monoisotopic (exact) mass is 264 g/mol. The standard InChI is InChI=1S/C16H28N2O/c1-13-7-6-8-14(9-13)11-18(5)12-15(19)10-17-16(2,3)4/h6-9,15,17,19H,10-12H2,1-5H3. The lowest BCUT2D eigenvalue weighted by Gasteiger charge is -2.25. The highest BCUT2D eigenvalue weighted by atomic mass is 16.3. The van der Waals surface area contributed by atoms with Gasteiger partial charge < -0.3 is 10.4 Å². The first kappa shape index (κ1) is 16.2. The van der Waals surface area contributed by atoms with E-state index in [0.29, 0.717) is 13.1 Å². The summed E-state index contributed by atoms with van der Waals surface area (Å²) in [6.45, 7) is 10.6. The maximum absolute atomic E-state index is 10.0. The number of nitrogens with zero attached hydrogens (tertiary/aromatic N) is 1. The van der Waals surface area contributed by atoms with Crippen LogP contribution < -0.4 is 5.32 Å². The number of nitrogens with one attached hydrogen (secondary N) is 1. The number of aliphatic hydroxyl groups excluding tert-OH is 1. The molecule has 0 fully saturated rings. The van der Waals surface area contributed by atoms with Gasteiger partial charge in [-0.3, -0.25) is 4.90 Å². The lowest BCUT2D eigenvalue weighted by molar-refractivity contribution is 0.114. The third kappa shape index (κ3) is 7.31. The molecule has 2 N–H and O–H groups in total. The van der Waals surface area contributed by atoms with Gasteiger partial charge in [0.15, 0.2) is 0 Å². The minimum absolute atomic E-state index is 0.0517. The second kappa shape index (κ2) is 7.04. The van der Waals surface area contributed by atoms with Crippen LogP contribution in [0.25, 0.3) is 0 Å². The summed E-state index contributed by atoms with van der Waals surface area (Å²) in [5.41, 5.74) is 2.62. The average Bonchev–Trinajstić information content (AvgIpc) is 2.25. The summed E-state index contributed by atoms with van der Waals surface area (Å²) in [5.74, 6) is 0. The van der Waals surface area contributed by atoms with E-state index in [4.69, 9.17) is 0 Å². The fourth-order valence-electron chi connectivity index (χ4n) is 2.04. The van der Waals surface area contributed by atoms with Gasteiger partial charge >= 0.3 is 0 Å². The Bertz CT molecular complexity index is 385. The maximum Gasteiger partial charge on any atom is 0.0791 e. The van der Waals surface area contributed by atoms with Crippen molar-refractivity contribution in [1.29, 1.82) is 0 Å². The summed E-state index contributed by atoms with van der Waals surface area (Å²) in [4.78, 5) is 2.16. The number of β-amino-alcohol motifs (C(OH)–C–C–N with tert-alkyl or cyclic N) is 1. The fraction of sp³-hybridized carbons (Fsp3) is 0.625. The highest BCUT2D eigenvalue weighted by molar-refractivity contribution is 5.21. The van der Waals surface area contributed by atoms with E-state index >= 15 is 0 Å². The Balaban J connectivity index is 2.36. The van der Waals surface area contributed by atoms with Crippen LogP contribution in [0.15, 0.2) is 24.3 Å². The Morgan fingerprint density at radius 2 is 2.00 bits per heavy atom. The normalized spacial score (nSPS) is 13.8. The SMILES string of the molecule is Cc1cccc(CN(C)CC(O)CNC(C)(C)C)c1. The van der Waals surface area contributed by atoms with Crippen molar-refractivity contribution in [3.8, 4) is 0 Å². The van der Waals surface area contributed by atoms with Crippen LogP contribution in [0, 0.1) is 6.92 Å². The van der Waals surface area contributed by atoms with Crippen molar-refractivity contribution in [3.63, 3.8) is 0 Å². The van der Waals surface area contributed by atoms with Gasteiger partial charge in [0, 0.05) is 25.2 Å². The molecule has 1 rings (SSSR count). The molecule has 1 unspecified atom stereocenters. The Hall–Kier alpha value is -0.900. The van der Waals surface area contributed by atoms with E-state index in [1.54, 1.807) is 0 Å². The van der Waals surface area contributed by atoms with Crippen molar-refractivity contribution in [3.05, 3.63) is 35.4 Å². The van der Waals surface area contributed by atoms with Gasteiger partial charge in [-0.1, -0.05) is 29.8 Å². The van der Waals surface area contributed by atoms with Crippen molar-refractivity contribution in [1.82, 2.24) is 10.2 Å². The van der Waals surface area contributed by atoms with Crippen LogP contribution in [0.5, 0.6) is 0 Å². The van der Waals surface area contributed by atoms with E-state index in [9.17, 15) is 5.11 Å². The molecule has 0 amide bonds. The minimum Gasteiger partial charge on any atom is -0.390 e. The molecule has 0 aliphatic rings. The highest BCUT2D eigenvalue weighted by Crippen LogP contribution is 2.07. The maximum atomic E-state index is 10.0. The molecule has 3 heteroatoms. The predicted molar refractivity (Wildman–Crippen MR) is 81.3 cm³/mol. The zero-order valence-corrected chi connectivity index (χ0v) is 12.9. The van der Waals surface area contributed by atoms with Crippen molar-refractivity contribution < 1.29 is 5.11 Å². The molecule has 0 heterocycles. The van der Waals surface area contributed by atoms with E-state index in [0.717, 1.165) is 6.54 Å². The lowest BCUT2D eigenvalue weighted by atomic mass is 10.1. The quantitative estimate of drug-likeness (QED) is 0.826. The molecule has 0 bridgehead atoms. The molecule has 0 aromatic heterocycles. The van der Waals surface area contributed by atoms with Crippen molar-refractivity contribution >= 4 is 0 Å². The van der Waals surface area contributed by atoms with Crippen LogP contribution in [-0.4, -0.2) is 41.8 Å². The minimum atomic E-state index is -0.339. The molecule has 19 heavy (non-hydrogen) atoms. The van der Waals surface area contributed by atoms with Crippen molar-refractivity contribution in [2.45, 2.75) is 45.9 Å². The lowest BCUT2D eigenvalue weighted by Crippen LogP contribution is -2.44. The zero-order chi connectivity index (χ0) is 14.5. The summed E-state index contributed by atoms with van der Waals surface area (Å²) in [5, 5.41) is 13.3. The first-order chi connectivity index (χ1) is 8.76. The van der Waals surface area contributed by atoms with Gasteiger partial charge in [0.25, 0.3) is 0 Å². The van der Waals surface area contributed by atoms with E-state index in [-0.39, 0.29) is 11.6 Å². The van der Waals surface area contributed by atoms with Gasteiger partial charge in [-0.15, -0.1) is 0 Å². The van der Waals surface area contributed by atoms with Crippen LogP contribution >= 0.6 is 0 Å². The van der Waals surface area contributed by atoms with Crippen LogP contribution in [0.3, 0.4) is 0 Å². The van der Waals surface area contributed by atoms with Crippen LogP contribution in [0.4, 0.5) is 0 Å². The summed E-state index contributed by atoms with van der Waals surface area (Å²) in [6, 6.07) is 8.50. The number of aryl methyl sites for hydroxylation is 1. The molecule has 0 spiro atoms. The molecule has 108 valence electrons. The van der Waals surface area contributed by atoms with Crippen LogP contribution in [-0.2, 0) is 6.54 Å². The summed E-state index contributed by atoms with van der Waals surface area (Å²) in [6.07, 6.45) is -0.339. The predicted octanol–water partition coefficient (Wildman–Crippen LogP) is 2.18. The number of hydrogen-bond donors (Lipinski definition) is 2. The molecular weight excluding hydrogens is 236 g/mol. The topological polar surface area (TPSA) is 35.5 Å². The Morgan fingerprint density at radius 1 is 1.32 bits per heavy atom. The van der Waals surface area contributed by atoms with Gasteiger partial charge in [0.05, 0.1) is 6.10 Å². The fourth-order valence-corrected chi connectivity index (χ4v) is 2.04. The van der Waals surface area contributed by atoms with Gasteiger partial charge in [-0.25, -0.2) is 0 Å². The number of likely N-dealkylation sites (N-methyl/N-ethyl adjacent to an activating group) is 1. The first-order valence-corrected chi connectivity index (χ1v) is 6.93. The van der Waals surface area contributed by atoms with E-state index in [2.05, 4.69) is 62.2 Å². The zero-order valence-electron chi connectivity index (χ0n) is 12.9. The molecule has 3 nitrogen and oxygen atoms in total. The summed E-state index contributed by atoms with van der Waals surface area (Å²) in [7, 11) is 2.04. The Labute approximate surface area is 117 Å². The van der Waals surface area contributed by atoms with Crippen LogP contribution in [0.2, 0.25) is 0 Å². The second-order valence-corrected chi connectivity index (χ2v) is 6.47. The molecule has 0 radical (unpaired) electrons. The average molecular weight is 264 g/mol. The van der Waals surface area contributed by atoms with Crippen LogP contribution in [0.1, 0.15) is 31.9 Å². The van der Waals surface area contributed by atoms with Gasteiger partial charge in [-0.2, -0.15) is 0 Å². The molecule has 0 aliphatic carbocycles. The summed E-state index contributed by atoms with van der Waals surface area (Å²) < 4.78 is 0. The van der Waals surface area contributed by atoms with Gasteiger partial charge in [0.2, 0.25) is 0 Å². The van der Waals surface area contributed by atoms with E-state index in [1.165, 1.54) is 11.1 Å². The smallest absolute Gasteiger partial charge is 0.0791 e. The molecule has 1 aromatic rings. The highest BCUT2D eigenvalue weighted by Gasteiger charge is 2.13. The third-order valence-electron chi connectivity index (χ3n) is 2.93. The number of rotatable bonds is 6. The van der Waals surface area contributed by atoms with Gasteiger partial charge in [0.1, 0.15) is 0 Å². The number of benzene rings is 1. The molecule has 1 aromatic carbocycles. The largest absolute Gasteiger partial charge is 0.390 e. The van der Waals surface area contributed by atoms with Crippen molar-refractivity contribution in [2.24, 2.45) is 0 Å². The number of hydrogen-bond acceptors (Lipinski definition) is 3. The first-order valence-electron chi connectivity index (χ1n) is 6.93. The van der Waals surface area contributed by atoms with Gasteiger partial charge in [-0.05, 0) is 40.3 Å². The third-order valence-corrected chi connectivity index (χ3v) is 2.93. The Morgan fingerprint density at radius 3 is 2.58 bits per heavy atom. The molecule has 0 saturated heterocycles. The molecule has 0 saturated carbocycles. The molecule has 0 aliphatic heterocycles. The summed E-state index contributed by atoms with van der Waals surface area (Å²) >= 11 is 0. The molecule has 1 atom stereocenters. The Kier molecular flexibility index (Phi) is 5.98. The van der Waals surface area contributed by atoms with Crippen molar-refractivity contribution in [2.75, 3.05) is 20.1 Å². The number of aliphatic hydroxyl groups is 1. The van der Waals surface area contributed by atoms with E-state index < -0.39 is 0 Å². The molecular formula is C16H28N2O. The van der Waals surface area contributed by atoms with E-state index in [1.807, 2.05) is 7.05 Å². The second-order valence-electron chi connectivity index (χ2n) is 6.47.